The van der Waals surface area contributed by atoms with Gasteiger partial charge >= 0.3 is 0 Å². The van der Waals surface area contributed by atoms with Crippen molar-refractivity contribution < 1.29 is 13.2 Å². The normalized spacial score (nSPS) is 18.8. The van der Waals surface area contributed by atoms with E-state index in [1.165, 1.54) is 36.2 Å². The summed E-state index contributed by atoms with van der Waals surface area (Å²) in [6.45, 7) is 2.82. The van der Waals surface area contributed by atoms with E-state index >= 15 is 0 Å². The van der Waals surface area contributed by atoms with Crippen LogP contribution in [-0.4, -0.2) is 61.3 Å². The molecule has 2 saturated heterocycles. The summed E-state index contributed by atoms with van der Waals surface area (Å²) < 4.78 is 24.8. The average molecular weight is 458 g/mol. The third-order valence-electron chi connectivity index (χ3n) is 6.30. The number of amides is 1. The fourth-order valence-electron chi connectivity index (χ4n) is 4.40. The fourth-order valence-corrected chi connectivity index (χ4v) is 5.27. The van der Waals surface area contributed by atoms with Crippen LogP contribution in [0.15, 0.2) is 36.4 Å². The molecule has 0 unspecified atom stereocenters. The van der Waals surface area contributed by atoms with Gasteiger partial charge in [-0.15, -0.1) is 10.2 Å². The summed E-state index contributed by atoms with van der Waals surface area (Å²) in [4.78, 5) is 15.0. The number of hydrogen-bond donors (Lipinski definition) is 1. The molecule has 9 heteroatoms. The largest absolute Gasteiger partial charge is 0.355 e. The summed E-state index contributed by atoms with van der Waals surface area (Å²) in [7, 11) is -3.20. The molecule has 2 fully saturated rings. The van der Waals surface area contributed by atoms with Crippen molar-refractivity contribution in [3.63, 3.8) is 0 Å². The fraction of sp³-hybridized carbons (Fsp3) is 0.522. The lowest BCUT2D eigenvalue weighted by atomic mass is 9.97. The first kappa shape index (κ1) is 22.7. The van der Waals surface area contributed by atoms with E-state index in [0.29, 0.717) is 31.6 Å². The predicted octanol–water partition coefficient (Wildman–Crippen LogP) is 3.13. The first-order valence-electron chi connectivity index (χ1n) is 11.4. The van der Waals surface area contributed by atoms with Gasteiger partial charge in [0.05, 0.1) is 11.9 Å². The number of hydrogen-bond acceptors (Lipinski definition) is 6. The zero-order valence-electron chi connectivity index (χ0n) is 18.5. The zero-order chi connectivity index (χ0) is 22.6. The summed E-state index contributed by atoms with van der Waals surface area (Å²) in [5, 5.41) is 11.9. The lowest BCUT2D eigenvalue weighted by Crippen LogP contribution is -2.40. The molecular formula is C23H31N5O3S. The Kier molecular flexibility index (Phi) is 7.05. The molecule has 1 aromatic heterocycles. The van der Waals surface area contributed by atoms with Crippen LogP contribution in [0.5, 0.6) is 0 Å². The van der Waals surface area contributed by atoms with Crippen LogP contribution in [0.3, 0.4) is 0 Å². The number of carbonyl (C=O) groups excluding carboxylic acids is 1. The van der Waals surface area contributed by atoms with Gasteiger partial charge in [0.25, 0.3) is 0 Å². The molecule has 0 bridgehead atoms. The van der Waals surface area contributed by atoms with Crippen molar-refractivity contribution >= 4 is 27.4 Å². The second-order valence-corrected chi connectivity index (χ2v) is 10.7. The first-order valence-corrected chi connectivity index (χ1v) is 13.2. The van der Waals surface area contributed by atoms with E-state index in [1.807, 2.05) is 36.4 Å². The SMILES string of the molecule is CS(=O)(=O)N1CCC(C(=O)Nc2cccc(-c3ccc(N4CCCCCC4)nn3)c2)CC1. The van der Waals surface area contributed by atoms with Gasteiger partial charge in [0, 0.05) is 43.3 Å². The van der Waals surface area contributed by atoms with E-state index in [2.05, 4.69) is 20.4 Å². The standard InChI is InChI=1S/C23H31N5O3S/c1-32(30,31)28-15-11-18(12-16-28)23(29)24-20-8-6-7-19(17-20)21-9-10-22(26-25-21)27-13-4-2-3-5-14-27/h6-10,17-18H,2-5,11-16H2,1H3,(H,24,29). The molecule has 4 rings (SSSR count). The maximum absolute atomic E-state index is 12.7. The highest BCUT2D eigenvalue weighted by Gasteiger charge is 2.29. The van der Waals surface area contributed by atoms with E-state index in [1.54, 1.807) is 0 Å². The maximum atomic E-state index is 12.7. The van der Waals surface area contributed by atoms with Gasteiger partial charge < -0.3 is 10.2 Å². The smallest absolute Gasteiger partial charge is 0.227 e. The monoisotopic (exact) mass is 457 g/mol. The van der Waals surface area contributed by atoms with Crippen molar-refractivity contribution in [2.75, 3.05) is 42.7 Å². The van der Waals surface area contributed by atoms with Crippen molar-refractivity contribution in [3.05, 3.63) is 36.4 Å². The molecule has 2 aliphatic rings. The van der Waals surface area contributed by atoms with Crippen molar-refractivity contribution in [3.8, 4) is 11.3 Å². The molecule has 1 amide bonds. The van der Waals surface area contributed by atoms with Gasteiger partial charge in [0.1, 0.15) is 0 Å². The van der Waals surface area contributed by atoms with Crippen LogP contribution < -0.4 is 10.2 Å². The van der Waals surface area contributed by atoms with Gasteiger partial charge in [-0.2, -0.15) is 0 Å². The Morgan fingerprint density at radius 2 is 1.69 bits per heavy atom. The van der Waals surface area contributed by atoms with Crippen LogP contribution in [0.1, 0.15) is 38.5 Å². The first-order chi connectivity index (χ1) is 15.4. The van der Waals surface area contributed by atoms with E-state index in [4.69, 9.17) is 0 Å². The Balaban J connectivity index is 1.38. The molecule has 1 N–H and O–H groups in total. The molecule has 0 radical (unpaired) electrons. The molecule has 172 valence electrons. The summed E-state index contributed by atoms with van der Waals surface area (Å²) in [5.74, 6) is 0.655. The number of aromatic nitrogens is 2. The minimum absolute atomic E-state index is 0.0714. The summed E-state index contributed by atoms with van der Waals surface area (Å²) in [5.41, 5.74) is 2.36. The van der Waals surface area contributed by atoms with Gasteiger partial charge in [0.2, 0.25) is 15.9 Å². The summed E-state index contributed by atoms with van der Waals surface area (Å²) >= 11 is 0. The van der Waals surface area contributed by atoms with Crippen LogP contribution in [0.2, 0.25) is 0 Å². The molecular weight excluding hydrogens is 426 g/mol. The molecule has 0 atom stereocenters. The minimum Gasteiger partial charge on any atom is -0.355 e. The topological polar surface area (TPSA) is 95.5 Å². The minimum atomic E-state index is -3.20. The lowest BCUT2D eigenvalue weighted by molar-refractivity contribution is -0.120. The number of rotatable bonds is 5. The third-order valence-corrected chi connectivity index (χ3v) is 7.60. The number of nitrogens with zero attached hydrogens (tertiary/aromatic N) is 4. The molecule has 1 aromatic carbocycles. The van der Waals surface area contributed by atoms with E-state index in [9.17, 15) is 13.2 Å². The van der Waals surface area contributed by atoms with Gasteiger partial charge in [-0.3, -0.25) is 4.79 Å². The molecule has 0 aliphatic carbocycles. The number of sulfonamides is 1. The predicted molar refractivity (Wildman–Crippen MR) is 126 cm³/mol. The number of nitrogens with one attached hydrogen (secondary N) is 1. The van der Waals surface area contributed by atoms with Crippen molar-refractivity contribution in [1.29, 1.82) is 0 Å². The van der Waals surface area contributed by atoms with Crippen molar-refractivity contribution in [1.82, 2.24) is 14.5 Å². The average Bonchev–Trinajstić information content (AvgIpc) is 3.09. The van der Waals surface area contributed by atoms with E-state index < -0.39 is 10.0 Å². The van der Waals surface area contributed by atoms with Crippen molar-refractivity contribution in [2.45, 2.75) is 38.5 Å². The van der Waals surface area contributed by atoms with Crippen LogP contribution in [-0.2, 0) is 14.8 Å². The van der Waals surface area contributed by atoms with Crippen LogP contribution in [0.4, 0.5) is 11.5 Å². The highest BCUT2D eigenvalue weighted by Crippen LogP contribution is 2.25. The Hall–Kier alpha value is -2.52. The van der Waals surface area contributed by atoms with Crippen molar-refractivity contribution in [2.24, 2.45) is 5.92 Å². The summed E-state index contributed by atoms with van der Waals surface area (Å²) in [6, 6.07) is 11.6. The molecule has 2 aromatic rings. The third kappa shape index (κ3) is 5.63. The maximum Gasteiger partial charge on any atom is 0.227 e. The Morgan fingerprint density at radius 3 is 2.31 bits per heavy atom. The lowest BCUT2D eigenvalue weighted by Gasteiger charge is -2.29. The van der Waals surface area contributed by atoms with E-state index in [0.717, 1.165) is 30.2 Å². The highest BCUT2D eigenvalue weighted by molar-refractivity contribution is 7.88. The second kappa shape index (κ2) is 9.95. The van der Waals surface area contributed by atoms with Crippen LogP contribution >= 0.6 is 0 Å². The number of anilines is 2. The van der Waals surface area contributed by atoms with E-state index in [-0.39, 0.29) is 11.8 Å². The van der Waals surface area contributed by atoms with Gasteiger partial charge in [-0.05, 0) is 49.9 Å². The zero-order valence-corrected chi connectivity index (χ0v) is 19.4. The molecule has 8 nitrogen and oxygen atoms in total. The number of carbonyl (C=O) groups is 1. The van der Waals surface area contributed by atoms with Gasteiger partial charge in [0.15, 0.2) is 5.82 Å². The Labute approximate surface area is 190 Å². The molecule has 0 saturated carbocycles. The Morgan fingerprint density at radius 1 is 0.969 bits per heavy atom. The molecule has 2 aliphatic heterocycles. The summed E-state index contributed by atoms with van der Waals surface area (Å²) in [6.07, 6.45) is 7.21. The quantitative estimate of drug-likeness (QED) is 0.741. The second-order valence-electron chi connectivity index (χ2n) is 8.68. The molecule has 32 heavy (non-hydrogen) atoms. The number of piperidine rings is 1. The molecule has 3 heterocycles. The number of benzene rings is 1. The molecule has 0 spiro atoms. The van der Waals surface area contributed by atoms with Crippen LogP contribution in [0, 0.1) is 5.92 Å². The highest BCUT2D eigenvalue weighted by atomic mass is 32.2. The van der Waals surface area contributed by atoms with Gasteiger partial charge in [-0.25, -0.2) is 12.7 Å². The van der Waals surface area contributed by atoms with Gasteiger partial charge in [-0.1, -0.05) is 25.0 Å². The Bertz CT molecular complexity index is 1030. The van der Waals surface area contributed by atoms with Crippen LogP contribution in [0.25, 0.3) is 11.3 Å².